The molecule has 12 heavy (non-hydrogen) atoms. The Kier molecular flexibility index (Phi) is 2.39. The minimum atomic E-state index is -2.14. The molecule has 0 aliphatic heterocycles. The first kappa shape index (κ1) is 9.47. The van der Waals surface area contributed by atoms with Gasteiger partial charge in [-0.3, -0.25) is 4.98 Å². The van der Waals surface area contributed by atoms with E-state index in [4.69, 9.17) is 0 Å². The number of aromatic nitrogens is 1. The van der Waals surface area contributed by atoms with Crippen LogP contribution in [0, 0.1) is 13.8 Å². The number of hydrogen-bond donors (Lipinski definition) is 0. The lowest BCUT2D eigenvalue weighted by Crippen LogP contribution is -2.09. The predicted octanol–water partition coefficient (Wildman–Crippen LogP) is 1.95. The summed E-state index contributed by atoms with van der Waals surface area (Å²) >= 11 is 0. The normalized spacial score (nSPS) is 11.7. The molecular weight excluding hydrogens is 169 g/mol. The summed E-state index contributed by atoms with van der Waals surface area (Å²) in [6.07, 6.45) is 0. The van der Waals surface area contributed by atoms with Crippen molar-refractivity contribution in [1.29, 1.82) is 0 Å². The quantitative estimate of drug-likeness (QED) is 0.623. The van der Waals surface area contributed by atoms with Crippen molar-refractivity contribution >= 4 is 12.4 Å². The zero-order chi connectivity index (χ0) is 9.35. The number of aryl methyl sites for hydroxylation is 2. The smallest absolute Gasteiger partial charge is 0.111 e. The van der Waals surface area contributed by atoms with Gasteiger partial charge in [-0.1, -0.05) is 0 Å². The van der Waals surface area contributed by atoms with Crippen LogP contribution in [0.5, 0.6) is 0 Å². The van der Waals surface area contributed by atoms with Crippen LogP contribution in [0.3, 0.4) is 0 Å². The molecule has 3 heteroatoms. The highest BCUT2D eigenvalue weighted by atomic mass is 31.2. The van der Waals surface area contributed by atoms with Crippen molar-refractivity contribution in [2.24, 2.45) is 0 Å². The molecule has 0 saturated heterocycles. The first-order chi connectivity index (χ1) is 5.41. The van der Waals surface area contributed by atoms with Crippen LogP contribution in [0.1, 0.15) is 11.4 Å². The largest absolute Gasteiger partial charge is 0.319 e. The van der Waals surface area contributed by atoms with Gasteiger partial charge >= 0.3 is 0 Å². The molecule has 0 bridgehead atoms. The Morgan fingerprint density at radius 3 is 2.25 bits per heavy atom. The van der Waals surface area contributed by atoms with E-state index in [2.05, 4.69) is 4.98 Å². The van der Waals surface area contributed by atoms with Crippen LogP contribution in [0.2, 0.25) is 0 Å². The van der Waals surface area contributed by atoms with E-state index in [1.165, 1.54) is 0 Å². The van der Waals surface area contributed by atoms with Crippen molar-refractivity contribution in [3.8, 4) is 0 Å². The van der Waals surface area contributed by atoms with Crippen LogP contribution < -0.4 is 5.30 Å². The molecule has 1 aromatic rings. The molecule has 0 radical (unpaired) electrons. The lowest BCUT2D eigenvalue weighted by Gasteiger charge is -2.09. The number of pyridine rings is 1. The Hall–Kier alpha value is -0.620. The second kappa shape index (κ2) is 3.02. The third-order valence-electron chi connectivity index (χ3n) is 1.78. The lowest BCUT2D eigenvalue weighted by atomic mass is 10.3. The predicted molar refractivity (Wildman–Crippen MR) is 52.8 cm³/mol. The molecule has 0 fully saturated rings. The Bertz CT molecular complexity index is 340. The van der Waals surface area contributed by atoms with Crippen LogP contribution >= 0.6 is 7.14 Å². The summed E-state index contributed by atoms with van der Waals surface area (Å²) in [6.45, 7) is 7.38. The van der Waals surface area contributed by atoms with Gasteiger partial charge in [0.25, 0.3) is 0 Å². The molecule has 1 rings (SSSR count). The van der Waals surface area contributed by atoms with Gasteiger partial charge < -0.3 is 4.57 Å². The van der Waals surface area contributed by atoms with Gasteiger partial charge in [-0.2, -0.15) is 0 Å². The highest BCUT2D eigenvalue weighted by molar-refractivity contribution is 7.70. The fraction of sp³-hybridized carbons (Fsp3) is 0.444. The zero-order valence-electron chi connectivity index (χ0n) is 7.96. The molecule has 0 aromatic carbocycles. The molecule has 1 heterocycles. The summed E-state index contributed by atoms with van der Waals surface area (Å²) in [5.74, 6) is 0. The Morgan fingerprint density at radius 1 is 1.25 bits per heavy atom. The summed E-state index contributed by atoms with van der Waals surface area (Å²) < 4.78 is 11.7. The maximum Gasteiger partial charge on any atom is 0.111 e. The highest BCUT2D eigenvalue weighted by Gasteiger charge is 2.13. The molecule has 0 aliphatic rings. The van der Waals surface area contributed by atoms with Crippen molar-refractivity contribution in [2.45, 2.75) is 13.8 Å². The fourth-order valence-electron chi connectivity index (χ4n) is 1.25. The van der Waals surface area contributed by atoms with Gasteiger partial charge in [0.15, 0.2) is 0 Å². The van der Waals surface area contributed by atoms with Crippen LogP contribution in [0.15, 0.2) is 12.1 Å². The molecule has 0 aliphatic carbocycles. The molecule has 0 N–H and O–H groups in total. The van der Waals surface area contributed by atoms with Gasteiger partial charge in [0.2, 0.25) is 0 Å². The van der Waals surface area contributed by atoms with Crippen molar-refractivity contribution in [1.82, 2.24) is 4.98 Å². The van der Waals surface area contributed by atoms with Crippen LogP contribution in [0.4, 0.5) is 0 Å². The average molecular weight is 183 g/mol. The lowest BCUT2D eigenvalue weighted by molar-refractivity contribution is 0.588. The van der Waals surface area contributed by atoms with Gasteiger partial charge in [-0.15, -0.1) is 0 Å². The van der Waals surface area contributed by atoms with E-state index in [-0.39, 0.29) is 0 Å². The maximum atomic E-state index is 11.7. The Labute approximate surface area is 73.4 Å². The molecule has 0 spiro atoms. The third kappa shape index (κ3) is 1.95. The average Bonchev–Trinajstić information content (AvgIpc) is 1.83. The second-order valence-electron chi connectivity index (χ2n) is 3.41. The molecule has 2 nitrogen and oxygen atoms in total. The van der Waals surface area contributed by atoms with Gasteiger partial charge in [-0.05, 0) is 39.3 Å². The van der Waals surface area contributed by atoms with Crippen LogP contribution in [-0.4, -0.2) is 18.3 Å². The highest BCUT2D eigenvalue weighted by Crippen LogP contribution is 2.35. The topological polar surface area (TPSA) is 30.0 Å². The van der Waals surface area contributed by atoms with E-state index in [1.807, 2.05) is 26.0 Å². The summed E-state index contributed by atoms with van der Waals surface area (Å²) in [4.78, 5) is 4.27. The SMILES string of the molecule is Cc1ccc(P(C)(C)=O)c(C)n1. The van der Waals surface area contributed by atoms with Crippen LogP contribution in [-0.2, 0) is 4.57 Å². The molecule has 66 valence electrons. The molecule has 0 amide bonds. The van der Waals surface area contributed by atoms with E-state index in [0.29, 0.717) is 0 Å². The van der Waals surface area contributed by atoms with E-state index in [9.17, 15) is 4.57 Å². The monoisotopic (exact) mass is 183 g/mol. The van der Waals surface area contributed by atoms with E-state index in [0.717, 1.165) is 16.7 Å². The van der Waals surface area contributed by atoms with Crippen molar-refractivity contribution < 1.29 is 4.57 Å². The summed E-state index contributed by atoms with van der Waals surface area (Å²) in [6, 6.07) is 3.82. The fourth-order valence-corrected chi connectivity index (χ4v) is 2.51. The Balaban J connectivity index is 3.28. The van der Waals surface area contributed by atoms with Gasteiger partial charge in [0, 0.05) is 16.7 Å². The zero-order valence-corrected chi connectivity index (χ0v) is 8.85. The van der Waals surface area contributed by atoms with E-state index >= 15 is 0 Å². The molecule has 0 atom stereocenters. The maximum absolute atomic E-state index is 11.7. The minimum Gasteiger partial charge on any atom is -0.319 e. The third-order valence-corrected chi connectivity index (χ3v) is 3.41. The number of nitrogens with zero attached hydrogens (tertiary/aromatic N) is 1. The summed E-state index contributed by atoms with van der Waals surface area (Å²) in [7, 11) is -2.14. The second-order valence-corrected chi connectivity index (χ2v) is 6.59. The van der Waals surface area contributed by atoms with Gasteiger partial charge in [0.05, 0.1) is 0 Å². The minimum absolute atomic E-state index is 0.892. The first-order valence-corrected chi connectivity index (χ1v) is 6.51. The van der Waals surface area contributed by atoms with E-state index < -0.39 is 7.14 Å². The van der Waals surface area contributed by atoms with Crippen molar-refractivity contribution in [3.05, 3.63) is 23.5 Å². The van der Waals surface area contributed by atoms with Crippen molar-refractivity contribution in [2.75, 3.05) is 13.3 Å². The van der Waals surface area contributed by atoms with Gasteiger partial charge in [0.1, 0.15) is 7.14 Å². The Morgan fingerprint density at radius 2 is 1.83 bits per heavy atom. The summed E-state index contributed by atoms with van der Waals surface area (Å²) in [5, 5.41) is 0.896. The standard InChI is InChI=1S/C9H14NOP/c1-7-5-6-9(8(2)10-7)12(3,4)11/h5-6H,1-4H3. The number of hydrogen-bond acceptors (Lipinski definition) is 2. The molecule has 0 saturated carbocycles. The molecule has 0 unspecified atom stereocenters. The number of rotatable bonds is 1. The van der Waals surface area contributed by atoms with Crippen LogP contribution in [0.25, 0.3) is 0 Å². The van der Waals surface area contributed by atoms with Gasteiger partial charge in [-0.25, -0.2) is 0 Å². The summed E-state index contributed by atoms with van der Waals surface area (Å²) in [5.41, 5.74) is 1.87. The van der Waals surface area contributed by atoms with Crippen molar-refractivity contribution in [3.63, 3.8) is 0 Å². The first-order valence-electron chi connectivity index (χ1n) is 3.91. The van der Waals surface area contributed by atoms with E-state index in [1.54, 1.807) is 13.3 Å². The molecule has 1 aromatic heterocycles. The molecular formula is C9H14NOP.